The van der Waals surface area contributed by atoms with Gasteiger partial charge >= 0.3 is 6.18 Å². The first-order valence-electron chi connectivity index (χ1n) is 6.51. The number of nitrogens with zero attached hydrogens (tertiary/aromatic N) is 1. The standard InChI is InChI=1S/C13H17F3N2O2S.ClH/c1-21(19,20)11-4-2-10(3-5-11)12(13(14,15)16)18-8-6-17-7-9-18;/h2-5,12,17H,6-9H2,1H3;1H/t12-;/m1./s1. The third-order valence-corrected chi connectivity index (χ3v) is 4.58. The van der Waals surface area contributed by atoms with Crippen LogP contribution in [0.1, 0.15) is 11.6 Å². The number of hydrogen-bond donors (Lipinski definition) is 1. The number of alkyl halides is 3. The fourth-order valence-corrected chi connectivity index (χ4v) is 3.07. The molecule has 1 N–H and O–H groups in total. The van der Waals surface area contributed by atoms with Gasteiger partial charge < -0.3 is 5.32 Å². The van der Waals surface area contributed by atoms with Crippen LogP contribution in [0.5, 0.6) is 0 Å². The topological polar surface area (TPSA) is 49.4 Å². The minimum Gasteiger partial charge on any atom is -0.314 e. The summed E-state index contributed by atoms with van der Waals surface area (Å²) in [7, 11) is -3.41. The summed E-state index contributed by atoms with van der Waals surface area (Å²) in [6.45, 7) is 1.62. The van der Waals surface area contributed by atoms with Gasteiger partial charge in [0.25, 0.3) is 0 Å². The fraction of sp³-hybridized carbons (Fsp3) is 0.538. The molecule has 22 heavy (non-hydrogen) atoms. The van der Waals surface area contributed by atoms with Gasteiger partial charge in [0.05, 0.1) is 4.90 Å². The van der Waals surface area contributed by atoms with E-state index >= 15 is 0 Å². The summed E-state index contributed by atoms with van der Waals surface area (Å²) < 4.78 is 62.8. The Bertz CT molecular complexity index is 584. The Kier molecular flexibility index (Phi) is 6.26. The number of hydrogen-bond acceptors (Lipinski definition) is 4. The van der Waals surface area contributed by atoms with E-state index in [4.69, 9.17) is 0 Å². The lowest BCUT2D eigenvalue weighted by Gasteiger charge is -2.36. The second kappa shape index (κ2) is 7.16. The summed E-state index contributed by atoms with van der Waals surface area (Å²) >= 11 is 0. The molecule has 1 aromatic carbocycles. The average molecular weight is 359 g/mol. The Hall–Kier alpha value is -0.830. The monoisotopic (exact) mass is 358 g/mol. The van der Waals surface area contributed by atoms with Crippen LogP contribution < -0.4 is 5.32 Å². The van der Waals surface area contributed by atoms with Gasteiger partial charge in [-0.3, -0.25) is 4.90 Å². The van der Waals surface area contributed by atoms with E-state index < -0.39 is 22.1 Å². The Morgan fingerprint density at radius 3 is 2.05 bits per heavy atom. The summed E-state index contributed by atoms with van der Waals surface area (Å²) in [5, 5.41) is 3.01. The van der Waals surface area contributed by atoms with Crippen LogP contribution in [0.3, 0.4) is 0 Å². The van der Waals surface area contributed by atoms with Crippen LogP contribution in [-0.2, 0) is 9.84 Å². The third-order valence-electron chi connectivity index (χ3n) is 3.45. The summed E-state index contributed by atoms with van der Waals surface area (Å²) in [4.78, 5) is 1.39. The van der Waals surface area contributed by atoms with Gasteiger partial charge in [-0.1, -0.05) is 12.1 Å². The largest absolute Gasteiger partial charge is 0.408 e. The Morgan fingerprint density at radius 1 is 1.14 bits per heavy atom. The highest BCUT2D eigenvalue weighted by Crippen LogP contribution is 2.38. The van der Waals surface area contributed by atoms with Crippen molar-refractivity contribution in [2.75, 3.05) is 32.4 Å². The zero-order valence-corrected chi connectivity index (χ0v) is 13.6. The first-order chi connectivity index (χ1) is 9.69. The van der Waals surface area contributed by atoms with Crippen molar-refractivity contribution < 1.29 is 21.6 Å². The summed E-state index contributed by atoms with van der Waals surface area (Å²) in [5.74, 6) is 0. The molecule has 9 heteroatoms. The Labute approximate surface area is 134 Å². The van der Waals surface area contributed by atoms with Crippen molar-refractivity contribution in [2.24, 2.45) is 0 Å². The van der Waals surface area contributed by atoms with E-state index in [2.05, 4.69) is 5.32 Å². The predicted molar refractivity (Wildman–Crippen MR) is 80.0 cm³/mol. The second-order valence-electron chi connectivity index (χ2n) is 5.07. The second-order valence-corrected chi connectivity index (χ2v) is 7.09. The minimum absolute atomic E-state index is 0. The van der Waals surface area contributed by atoms with Gasteiger partial charge in [-0.2, -0.15) is 13.2 Å². The lowest BCUT2D eigenvalue weighted by Crippen LogP contribution is -2.49. The molecule has 1 aromatic rings. The lowest BCUT2D eigenvalue weighted by atomic mass is 10.0. The van der Waals surface area contributed by atoms with E-state index in [0.717, 1.165) is 6.26 Å². The molecule has 0 saturated carbocycles. The molecule has 126 valence electrons. The SMILES string of the molecule is CS(=O)(=O)c1ccc([C@@H](N2CCNCC2)C(F)(F)F)cc1.Cl. The number of benzene rings is 1. The van der Waals surface area contributed by atoms with Gasteiger partial charge in [0.1, 0.15) is 6.04 Å². The lowest BCUT2D eigenvalue weighted by molar-refractivity contribution is -0.187. The molecule has 0 amide bonds. The van der Waals surface area contributed by atoms with E-state index in [-0.39, 0.29) is 22.9 Å². The molecule has 1 aliphatic heterocycles. The Balaban J connectivity index is 0.00000242. The van der Waals surface area contributed by atoms with E-state index in [0.29, 0.717) is 26.2 Å². The van der Waals surface area contributed by atoms with Gasteiger partial charge in [-0.25, -0.2) is 8.42 Å². The molecular formula is C13H18ClF3N2O2S. The molecule has 4 nitrogen and oxygen atoms in total. The van der Waals surface area contributed by atoms with Gasteiger partial charge in [0.2, 0.25) is 0 Å². The number of piperazine rings is 1. The van der Waals surface area contributed by atoms with Crippen molar-refractivity contribution in [3.8, 4) is 0 Å². The first kappa shape index (κ1) is 19.2. The van der Waals surface area contributed by atoms with E-state index in [1.807, 2.05) is 0 Å². The summed E-state index contributed by atoms with van der Waals surface area (Å²) in [6, 6.07) is 3.25. The molecule has 0 radical (unpaired) electrons. The minimum atomic E-state index is -4.40. The van der Waals surface area contributed by atoms with E-state index in [1.54, 1.807) is 0 Å². The highest BCUT2D eigenvalue weighted by Gasteiger charge is 2.44. The van der Waals surface area contributed by atoms with Crippen LogP contribution in [0, 0.1) is 0 Å². The van der Waals surface area contributed by atoms with Crippen LogP contribution in [0.15, 0.2) is 29.2 Å². The van der Waals surface area contributed by atoms with E-state index in [1.165, 1.54) is 29.2 Å². The number of rotatable bonds is 3. The maximum atomic E-state index is 13.3. The van der Waals surface area contributed by atoms with Crippen molar-refractivity contribution in [3.63, 3.8) is 0 Å². The van der Waals surface area contributed by atoms with Crippen molar-refractivity contribution in [3.05, 3.63) is 29.8 Å². The number of nitrogens with one attached hydrogen (secondary N) is 1. The normalized spacial score (nSPS) is 18.5. The third kappa shape index (κ3) is 4.58. The molecule has 1 saturated heterocycles. The van der Waals surface area contributed by atoms with Crippen molar-refractivity contribution in [1.82, 2.24) is 10.2 Å². The molecule has 1 atom stereocenters. The molecular weight excluding hydrogens is 341 g/mol. The maximum absolute atomic E-state index is 13.3. The van der Waals surface area contributed by atoms with Crippen molar-refractivity contribution >= 4 is 22.2 Å². The molecule has 1 aliphatic rings. The quantitative estimate of drug-likeness (QED) is 0.898. The van der Waals surface area contributed by atoms with Gasteiger partial charge in [-0.15, -0.1) is 12.4 Å². The first-order valence-corrected chi connectivity index (χ1v) is 8.40. The van der Waals surface area contributed by atoms with E-state index in [9.17, 15) is 21.6 Å². The molecule has 0 unspecified atom stereocenters. The molecule has 0 spiro atoms. The summed E-state index contributed by atoms with van der Waals surface area (Å²) in [6.07, 6.45) is -3.37. The smallest absolute Gasteiger partial charge is 0.314 e. The Morgan fingerprint density at radius 2 is 1.64 bits per heavy atom. The van der Waals surface area contributed by atoms with Crippen molar-refractivity contribution in [2.45, 2.75) is 17.1 Å². The van der Waals surface area contributed by atoms with Gasteiger partial charge in [0, 0.05) is 32.4 Å². The predicted octanol–water partition coefficient (Wildman–Crippen LogP) is 2.02. The number of sulfone groups is 1. The van der Waals surface area contributed by atoms with Crippen LogP contribution in [0.2, 0.25) is 0 Å². The zero-order valence-electron chi connectivity index (χ0n) is 11.9. The fourth-order valence-electron chi connectivity index (χ4n) is 2.44. The van der Waals surface area contributed by atoms with Crippen LogP contribution in [0.25, 0.3) is 0 Å². The number of halogens is 4. The molecule has 2 rings (SSSR count). The van der Waals surface area contributed by atoms with Gasteiger partial charge in [-0.05, 0) is 17.7 Å². The highest BCUT2D eigenvalue weighted by molar-refractivity contribution is 7.90. The maximum Gasteiger partial charge on any atom is 0.408 e. The van der Waals surface area contributed by atoms with Crippen LogP contribution >= 0.6 is 12.4 Å². The van der Waals surface area contributed by atoms with Crippen LogP contribution in [-0.4, -0.2) is 51.9 Å². The van der Waals surface area contributed by atoms with Crippen LogP contribution in [0.4, 0.5) is 13.2 Å². The average Bonchev–Trinajstić information content (AvgIpc) is 2.38. The zero-order chi connectivity index (χ0) is 15.7. The van der Waals surface area contributed by atoms with Gasteiger partial charge in [0.15, 0.2) is 9.84 Å². The van der Waals surface area contributed by atoms with Crippen molar-refractivity contribution in [1.29, 1.82) is 0 Å². The molecule has 1 heterocycles. The molecule has 0 bridgehead atoms. The molecule has 0 aromatic heterocycles. The highest BCUT2D eigenvalue weighted by atomic mass is 35.5. The summed E-state index contributed by atoms with van der Waals surface area (Å²) in [5.41, 5.74) is 0.0665. The molecule has 1 fully saturated rings. The molecule has 0 aliphatic carbocycles.